The number of ether oxygens (including phenoxy) is 3. The molecule has 0 aliphatic carbocycles. The lowest BCUT2D eigenvalue weighted by Crippen LogP contribution is -2.41. The Bertz CT molecular complexity index is 963. The molecule has 1 heterocycles. The van der Waals surface area contributed by atoms with E-state index in [2.05, 4.69) is 0 Å². The molecule has 1 aliphatic heterocycles. The molecule has 7 nitrogen and oxygen atoms in total. The Balaban J connectivity index is 1.86. The fourth-order valence-corrected chi connectivity index (χ4v) is 4.82. The zero-order chi connectivity index (χ0) is 21.0. The molecule has 0 spiro atoms. The number of carbonyl (C=O) groups is 1. The number of sulfonamides is 1. The van der Waals surface area contributed by atoms with Gasteiger partial charge in [0, 0.05) is 6.42 Å². The second kappa shape index (κ2) is 8.79. The third-order valence-electron chi connectivity index (χ3n) is 4.56. The van der Waals surface area contributed by atoms with Gasteiger partial charge in [-0.3, -0.25) is 4.79 Å². The summed E-state index contributed by atoms with van der Waals surface area (Å²) in [6, 6.07) is 10.7. The summed E-state index contributed by atoms with van der Waals surface area (Å²) in [6.45, 7) is 2.17. The monoisotopic (exact) mass is 423 g/mol. The van der Waals surface area contributed by atoms with E-state index in [1.807, 2.05) is 6.92 Å². The van der Waals surface area contributed by atoms with Crippen molar-refractivity contribution >= 4 is 16.0 Å². The van der Waals surface area contributed by atoms with Gasteiger partial charge in [-0.2, -0.15) is 4.31 Å². The molecule has 0 radical (unpaired) electrons. The Morgan fingerprint density at radius 3 is 2.48 bits per heavy atom. The largest absolute Gasteiger partial charge is 0.494 e. The van der Waals surface area contributed by atoms with Crippen molar-refractivity contribution in [2.24, 2.45) is 0 Å². The topological polar surface area (TPSA) is 82.1 Å². The lowest BCUT2D eigenvalue weighted by Gasteiger charge is -2.22. The summed E-state index contributed by atoms with van der Waals surface area (Å²) in [5.41, 5.74) is 0. The number of nitrogens with zero attached hydrogens (tertiary/aromatic N) is 1. The molecule has 156 valence electrons. The van der Waals surface area contributed by atoms with E-state index in [1.54, 1.807) is 18.2 Å². The molecule has 1 saturated heterocycles. The summed E-state index contributed by atoms with van der Waals surface area (Å²) in [5, 5.41) is 0. The fourth-order valence-electron chi connectivity index (χ4n) is 3.20. The number of hydrogen-bond donors (Lipinski definition) is 0. The van der Waals surface area contributed by atoms with Crippen LogP contribution < -0.4 is 9.47 Å². The van der Waals surface area contributed by atoms with Gasteiger partial charge in [-0.15, -0.1) is 0 Å². The second-order valence-electron chi connectivity index (χ2n) is 6.42. The number of halogens is 1. The van der Waals surface area contributed by atoms with Gasteiger partial charge in [-0.1, -0.05) is 12.1 Å². The Hall–Kier alpha value is -2.65. The molecular weight excluding hydrogens is 401 g/mol. The third kappa shape index (κ3) is 4.51. The standard InChI is InChI=1S/C20H22FNO6S/c1-3-27-14-8-10-16(11-9-14)29(24,25)22-13-15(12-18(22)20(23)26-2)28-19-7-5-4-6-17(19)21/h4-11,15,18H,3,12-13H2,1-2H3. The Kier molecular flexibility index (Phi) is 6.39. The van der Waals surface area contributed by atoms with Crippen LogP contribution in [-0.4, -0.2) is 51.1 Å². The van der Waals surface area contributed by atoms with Crippen molar-refractivity contribution in [1.29, 1.82) is 0 Å². The van der Waals surface area contributed by atoms with E-state index in [9.17, 15) is 17.6 Å². The maximum absolute atomic E-state index is 13.9. The highest BCUT2D eigenvalue weighted by Crippen LogP contribution is 2.31. The molecule has 1 fully saturated rings. The van der Waals surface area contributed by atoms with Gasteiger partial charge in [0.15, 0.2) is 11.6 Å². The van der Waals surface area contributed by atoms with Crippen LogP contribution in [0.15, 0.2) is 53.4 Å². The van der Waals surface area contributed by atoms with Crippen molar-refractivity contribution < 1.29 is 31.8 Å². The maximum Gasteiger partial charge on any atom is 0.324 e. The number of rotatable bonds is 7. The van der Waals surface area contributed by atoms with Gasteiger partial charge in [0.25, 0.3) is 0 Å². The van der Waals surface area contributed by atoms with Crippen molar-refractivity contribution in [1.82, 2.24) is 4.31 Å². The highest BCUT2D eigenvalue weighted by atomic mass is 32.2. The minimum Gasteiger partial charge on any atom is -0.494 e. The predicted octanol–water partition coefficient (Wildman–Crippen LogP) is 2.61. The van der Waals surface area contributed by atoms with Gasteiger partial charge in [-0.05, 0) is 43.3 Å². The molecule has 2 unspecified atom stereocenters. The van der Waals surface area contributed by atoms with E-state index < -0.39 is 34.0 Å². The Morgan fingerprint density at radius 1 is 1.17 bits per heavy atom. The van der Waals surface area contributed by atoms with E-state index in [4.69, 9.17) is 14.2 Å². The molecule has 0 N–H and O–H groups in total. The average Bonchev–Trinajstić information content (AvgIpc) is 3.15. The zero-order valence-corrected chi connectivity index (χ0v) is 16.9. The zero-order valence-electron chi connectivity index (χ0n) is 16.1. The third-order valence-corrected chi connectivity index (χ3v) is 6.45. The molecule has 2 aromatic rings. The van der Waals surface area contributed by atoms with Crippen molar-refractivity contribution in [2.45, 2.75) is 30.4 Å². The van der Waals surface area contributed by atoms with Crippen LogP contribution >= 0.6 is 0 Å². The summed E-state index contributed by atoms with van der Waals surface area (Å²) >= 11 is 0. The fraction of sp³-hybridized carbons (Fsp3) is 0.350. The van der Waals surface area contributed by atoms with E-state index in [0.717, 1.165) is 4.31 Å². The number of hydrogen-bond acceptors (Lipinski definition) is 6. The summed E-state index contributed by atoms with van der Waals surface area (Å²) in [7, 11) is -2.82. The lowest BCUT2D eigenvalue weighted by molar-refractivity contribution is -0.144. The summed E-state index contributed by atoms with van der Waals surface area (Å²) in [6.07, 6.45) is -0.648. The minimum atomic E-state index is -4.01. The van der Waals surface area contributed by atoms with Crippen molar-refractivity contribution in [2.75, 3.05) is 20.3 Å². The highest BCUT2D eigenvalue weighted by Gasteiger charge is 2.45. The van der Waals surface area contributed by atoms with Crippen LogP contribution in [0.25, 0.3) is 0 Å². The molecule has 0 saturated carbocycles. The smallest absolute Gasteiger partial charge is 0.324 e. The summed E-state index contributed by atoms with van der Waals surface area (Å²) in [5.74, 6) is -0.714. The first kappa shape index (κ1) is 21.1. The normalized spacial score (nSPS) is 19.7. The molecule has 3 rings (SSSR count). The highest BCUT2D eigenvalue weighted by molar-refractivity contribution is 7.89. The molecule has 2 aromatic carbocycles. The van der Waals surface area contributed by atoms with Crippen molar-refractivity contribution in [3.05, 3.63) is 54.3 Å². The Morgan fingerprint density at radius 2 is 1.86 bits per heavy atom. The van der Waals surface area contributed by atoms with Crippen LogP contribution in [-0.2, 0) is 19.6 Å². The van der Waals surface area contributed by atoms with Gasteiger partial charge in [-0.25, -0.2) is 12.8 Å². The minimum absolute atomic E-state index is 0.00133. The Labute approximate surface area is 169 Å². The van der Waals surface area contributed by atoms with Crippen LogP contribution in [0, 0.1) is 5.82 Å². The lowest BCUT2D eigenvalue weighted by atomic mass is 10.2. The van der Waals surface area contributed by atoms with Crippen LogP contribution in [0.4, 0.5) is 4.39 Å². The number of benzene rings is 2. The van der Waals surface area contributed by atoms with E-state index in [-0.39, 0.29) is 23.6 Å². The predicted molar refractivity (Wildman–Crippen MR) is 103 cm³/mol. The number of para-hydroxylation sites is 1. The maximum atomic E-state index is 13.9. The van der Waals surface area contributed by atoms with Crippen LogP contribution in [0.2, 0.25) is 0 Å². The number of methoxy groups -OCH3 is 1. The van der Waals surface area contributed by atoms with E-state index in [0.29, 0.717) is 12.4 Å². The first-order chi connectivity index (χ1) is 13.9. The molecule has 0 aromatic heterocycles. The van der Waals surface area contributed by atoms with Gasteiger partial charge < -0.3 is 14.2 Å². The number of esters is 1. The van der Waals surface area contributed by atoms with Crippen LogP contribution in [0.1, 0.15) is 13.3 Å². The van der Waals surface area contributed by atoms with Crippen LogP contribution in [0.3, 0.4) is 0 Å². The molecule has 2 atom stereocenters. The number of carbonyl (C=O) groups excluding carboxylic acids is 1. The van der Waals surface area contributed by atoms with E-state index >= 15 is 0 Å². The van der Waals surface area contributed by atoms with E-state index in [1.165, 1.54) is 37.4 Å². The molecule has 0 bridgehead atoms. The summed E-state index contributed by atoms with van der Waals surface area (Å²) in [4.78, 5) is 12.2. The van der Waals surface area contributed by atoms with Gasteiger partial charge in [0.1, 0.15) is 17.9 Å². The van der Waals surface area contributed by atoms with Crippen molar-refractivity contribution in [3.8, 4) is 11.5 Å². The van der Waals surface area contributed by atoms with Gasteiger partial charge in [0.05, 0.1) is 25.2 Å². The summed E-state index contributed by atoms with van der Waals surface area (Å²) < 4.78 is 57.0. The quantitative estimate of drug-likeness (QED) is 0.637. The molecule has 0 amide bonds. The van der Waals surface area contributed by atoms with Crippen molar-refractivity contribution in [3.63, 3.8) is 0 Å². The SMILES string of the molecule is CCOc1ccc(S(=O)(=O)N2CC(Oc3ccccc3F)CC2C(=O)OC)cc1. The van der Waals surface area contributed by atoms with Crippen LogP contribution in [0.5, 0.6) is 11.5 Å². The second-order valence-corrected chi connectivity index (χ2v) is 8.31. The molecular formula is C20H22FNO6S. The molecule has 1 aliphatic rings. The average molecular weight is 423 g/mol. The first-order valence-corrected chi connectivity index (χ1v) is 10.5. The van der Waals surface area contributed by atoms with Gasteiger partial charge >= 0.3 is 5.97 Å². The molecule has 9 heteroatoms. The molecule has 29 heavy (non-hydrogen) atoms. The van der Waals surface area contributed by atoms with Gasteiger partial charge in [0.2, 0.25) is 10.0 Å². The first-order valence-electron chi connectivity index (χ1n) is 9.10.